The van der Waals surface area contributed by atoms with Gasteiger partial charge in [-0.25, -0.2) is 9.97 Å². The van der Waals surface area contributed by atoms with E-state index in [9.17, 15) is 9.59 Å². The highest BCUT2D eigenvalue weighted by molar-refractivity contribution is 5.67. The highest BCUT2D eigenvalue weighted by Gasteiger charge is 2.17. The maximum atomic E-state index is 12.7. The molecule has 2 aliphatic heterocycles. The fourth-order valence-corrected chi connectivity index (χ4v) is 6.80. The van der Waals surface area contributed by atoms with Crippen molar-refractivity contribution in [3.63, 3.8) is 0 Å². The monoisotopic (exact) mass is 712 g/mol. The van der Waals surface area contributed by atoms with Crippen LogP contribution in [0, 0.1) is 0 Å². The molecule has 0 spiro atoms. The first kappa shape index (κ1) is 35.7. The zero-order valence-corrected chi connectivity index (χ0v) is 31.2. The minimum Gasteiger partial charge on any atom is -0.378 e. The number of anilines is 4. The Bertz CT molecular complexity index is 2310. The van der Waals surface area contributed by atoms with Gasteiger partial charge in [0, 0.05) is 127 Å². The number of hydrogen-bond donors (Lipinski definition) is 2. The highest BCUT2D eigenvalue weighted by Crippen LogP contribution is 2.23. The van der Waals surface area contributed by atoms with Gasteiger partial charge >= 0.3 is 0 Å². The topological polar surface area (TPSA) is 106 Å². The first-order valence-corrected chi connectivity index (χ1v) is 18.2. The van der Waals surface area contributed by atoms with Gasteiger partial charge in [0.25, 0.3) is 11.1 Å². The number of rotatable bonds is 6. The summed E-state index contributed by atoms with van der Waals surface area (Å²) in [6.07, 6.45) is 3.80. The first-order chi connectivity index (χ1) is 25.6. The summed E-state index contributed by atoms with van der Waals surface area (Å²) < 4.78 is 3.27. The Morgan fingerprint density at radius 2 is 1.06 bits per heavy atom. The van der Waals surface area contributed by atoms with E-state index in [1.807, 2.05) is 117 Å². The average molecular weight is 713 g/mol. The van der Waals surface area contributed by atoms with Crippen LogP contribution in [-0.2, 0) is 0 Å². The van der Waals surface area contributed by atoms with Gasteiger partial charge in [-0.3, -0.25) is 18.4 Å². The fraction of sp³-hybridized carbons (Fsp3) is 0.317. The number of fused-ring (bicyclic) bond motifs is 2. The highest BCUT2D eigenvalue weighted by atomic mass is 16.1. The Kier molecular flexibility index (Phi) is 10.4. The van der Waals surface area contributed by atoms with E-state index in [-0.39, 0.29) is 11.1 Å². The average Bonchev–Trinajstić information content (AvgIpc) is 3.18. The molecule has 0 unspecified atom stereocenters. The lowest BCUT2D eigenvalue weighted by atomic mass is 10.1. The molecule has 1 atom stereocenters. The fourth-order valence-electron chi connectivity index (χ4n) is 6.80. The molecule has 2 fully saturated rings. The minimum atomic E-state index is -0.0586. The number of nitrogens with zero attached hydrogens (tertiary/aromatic N) is 8. The van der Waals surface area contributed by atoms with E-state index in [0.717, 1.165) is 79.7 Å². The van der Waals surface area contributed by atoms with Crippen molar-refractivity contribution < 1.29 is 0 Å². The zero-order valence-electron chi connectivity index (χ0n) is 31.2. The van der Waals surface area contributed by atoms with E-state index < -0.39 is 0 Å². The predicted octanol–water partition coefficient (Wildman–Crippen LogP) is 4.06. The molecule has 4 aromatic heterocycles. The number of hydrogen-bond acceptors (Lipinski definition) is 10. The van der Waals surface area contributed by atoms with Crippen LogP contribution in [0.2, 0.25) is 0 Å². The van der Waals surface area contributed by atoms with Gasteiger partial charge < -0.3 is 30.2 Å². The van der Waals surface area contributed by atoms with Crippen LogP contribution < -0.4 is 41.4 Å². The van der Waals surface area contributed by atoms with Crippen LogP contribution in [0.1, 0.15) is 6.92 Å². The van der Waals surface area contributed by atoms with Gasteiger partial charge in [0.15, 0.2) is 0 Å². The Labute approximate surface area is 309 Å². The molecule has 53 heavy (non-hydrogen) atoms. The molecule has 0 bridgehead atoms. The molecule has 2 aromatic carbocycles. The molecule has 274 valence electrons. The van der Waals surface area contributed by atoms with Crippen LogP contribution in [0.25, 0.3) is 33.8 Å². The van der Waals surface area contributed by atoms with Crippen molar-refractivity contribution >= 4 is 34.0 Å². The van der Waals surface area contributed by atoms with Gasteiger partial charge in [-0.05, 0) is 55.5 Å². The number of piperazine rings is 2. The molecule has 2 saturated heterocycles. The maximum Gasteiger partial charge on any atom is 0.258 e. The quantitative estimate of drug-likeness (QED) is 0.263. The molecular formula is C41H48N10O2. The number of aromatic nitrogens is 4. The summed E-state index contributed by atoms with van der Waals surface area (Å²) in [5.41, 5.74) is 8.87. The molecule has 0 aliphatic carbocycles. The zero-order chi connectivity index (χ0) is 37.1. The van der Waals surface area contributed by atoms with E-state index in [2.05, 4.69) is 38.4 Å². The number of nitrogens with one attached hydrogen (secondary N) is 2. The summed E-state index contributed by atoms with van der Waals surface area (Å²) >= 11 is 0. The Morgan fingerprint density at radius 1 is 0.604 bits per heavy atom. The van der Waals surface area contributed by atoms with E-state index in [4.69, 9.17) is 4.98 Å². The largest absolute Gasteiger partial charge is 0.378 e. The third-order valence-corrected chi connectivity index (χ3v) is 9.86. The predicted molar refractivity (Wildman–Crippen MR) is 217 cm³/mol. The number of benzene rings is 2. The Balaban J connectivity index is 0.000000164. The van der Waals surface area contributed by atoms with Gasteiger partial charge in [-0.2, -0.15) is 0 Å². The molecule has 6 heterocycles. The summed E-state index contributed by atoms with van der Waals surface area (Å²) in [6, 6.07) is 27.8. The van der Waals surface area contributed by atoms with Crippen LogP contribution in [0.15, 0.2) is 107 Å². The summed E-state index contributed by atoms with van der Waals surface area (Å²) in [4.78, 5) is 43.5. The smallest absolute Gasteiger partial charge is 0.258 e. The van der Waals surface area contributed by atoms with E-state index >= 15 is 0 Å². The van der Waals surface area contributed by atoms with E-state index in [0.29, 0.717) is 28.7 Å². The lowest BCUT2D eigenvalue weighted by Crippen LogP contribution is -2.49. The van der Waals surface area contributed by atoms with Gasteiger partial charge in [0.1, 0.15) is 11.3 Å². The molecule has 8 rings (SSSR count). The molecule has 12 heteroatoms. The van der Waals surface area contributed by atoms with Gasteiger partial charge in [-0.15, -0.1) is 0 Å². The minimum absolute atomic E-state index is 0.0568. The van der Waals surface area contributed by atoms with Crippen LogP contribution in [-0.4, -0.2) is 98.8 Å². The van der Waals surface area contributed by atoms with Gasteiger partial charge in [0.2, 0.25) is 0 Å². The molecule has 0 amide bonds. The van der Waals surface area contributed by atoms with Gasteiger partial charge in [0.05, 0.1) is 22.8 Å². The molecule has 0 radical (unpaired) electrons. The summed E-state index contributed by atoms with van der Waals surface area (Å²) in [5, 5.41) is 6.79. The third kappa shape index (κ3) is 8.03. The Hall–Kier alpha value is -5.72. The maximum absolute atomic E-state index is 12.7. The van der Waals surface area contributed by atoms with Crippen LogP contribution in [0.3, 0.4) is 0 Å². The normalized spacial score (nSPS) is 16.0. The first-order valence-electron chi connectivity index (χ1n) is 18.2. The van der Waals surface area contributed by atoms with Crippen LogP contribution in [0.4, 0.5) is 22.7 Å². The van der Waals surface area contributed by atoms with Crippen molar-refractivity contribution in [3.05, 3.63) is 118 Å². The third-order valence-electron chi connectivity index (χ3n) is 9.86. The second-order valence-electron chi connectivity index (χ2n) is 14.1. The van der Waals surface area contributed by atoms with Crippen molar-refractivity contribution in [1.29, 1.82) is 0 Å². The molecule has 2 aliphatic rings. The lowest BCUT2D eigenvalue weighted by molar-refractivity contribution is 0.484. The number of pyridine rings is 2. The van der Waals surface area contributed by atoms with E-state index in [1.165, 1.54) is 0 Å². The second-order valence-corrected chi connectivity index (χ2v) is 14.1. The van der Waals surface area contributed by atoms with Crippen molar-refractivity contribution in [3.8, 4) is 22.5 Å². The Morgan fingerprint density at radius 3 is 1.51 bits per heavy atom. The lowest BCUT2D eigenvalue weighted by Gasteiger charge is -2.33. The summed E-state index contributed by atoms with van der Waals surface area (Å²) in [6.45, 7) is 8.83. The van der Waals surface area contributed by atoms with Crippen LogP contribution >= 0.6 is 0 Å². The summed E-state index contributed by atoms with van der Waals surface area (Å²) in [5.74, 6) is 0. The second kappa shape index (κ2) is 15.5. The molecule has 6 aromatic rings. The standard InChI is InChI=1S/C21H25N5O.C20H23N5O/c1-15-13-25(11-10-22-15)18-8-9-20-23-19(12-21(27)26(20)14-18)16-4-6-17(7-5-16)24(2)3;1-23(2)16-5-3-15(4-6-16)18-13-20(26)25-14-17(7-8-19(25)22-18)24-11-9-21-10-12-24/h4-9,12,14-15,22H,10-11,13H2,1-3H3;3-8,13-14,21H,9-12H2,1-2H3/t15-;/m0./s1. The van der Waals surface area contributed by atoms with E-state index in [1.54, 1.807) is 20.9 Å². The van der Waals surface area contributed by atoms with Gasteiger partial charge in [-0.1, -0.05) is 24.3 Å². The van der Waals surface area contributed by atoms with Crippen molar-refractivity contribution in [2.24, 2.45) is 0 Å². The molecule has 12 nitrogen and oxygen atoms in total. The molecule has 2 N–H and O–H groups in total. The molecule has 0 saturated carbocycles. The SMILES string of the molecule is CN(C)c1ccc(-c2cc(=O)n3cc(N4CCNCC4)ccc3n2)cc1.C[C@H]1CN(c2ccc3nc(-c4ccc(N(C)C)cc4)cc(=O)n3c2)CCN1. The molecular weight excluding hydrogens is 665 g/mol. The van der Waals surface area contributed by atoms with Crippen molar-refractivity contribution in [2.75, 3.05) is 93.6 Å². The van der Waals surface area contributed by atoms with Crippen molar-refractivity contribution in [2.45, 2.75) is 13.0 Å². The summed E-state index contributed by atoms with van der Waals surface area (Å²) in [7, 11) is 8.02. The van der Waals surface area contributed by atoms with Crippen LogP contribution in [0.5, 0.6) is 0 Å². The van der Waals surface area contributed by atoms with Crippen molar-refractivity contribution in [1.82, 2.24) is 29.4 Å².